The van der Waals surface area contributed by atoms with E-state index in [9.17, 15) is 13.2 Å². The van der Waals surface area contributed by atoms with Gasteiger partial charge in [0.2, 0.25) is 0 Å². The molecule has 1 aliphatic carbocycles. The van der Waals surface area contributed by atoms with Crippen molar-refractivity contribution in [2.75, 3.05) is 12.0 Å². The Morgan fingerprint density at radius 2 is 2.25 bits per heavy atom. The van der Waals surface area contributed by atoms with Gasteiger partial charge < -0.3 is 5.11 Å². The Bertz CT molecular complexity index is 408. The van der Waals surface area contributed by atoms with E-state index in [0.717, 1.165) is 12.8 Å². The topological polar surface area (TPSA) is 83.5 Å². The normalized spacial score (nSPS) is 39.3. The van der Waals surface area contributed by atoms with Gasteiger partial charge in [-0.05, 0) is 19.3 Å². The van der Waals surface area contributed by atoms with E-state index in [0.29, 0.717) is 12.2 Å². The van der Waals surface area contributed by atoms with Crippen molar-refractivity contribution >= 4 is 27.6 Å². The quantitative estimate of drug-likeness (QED) is 0.735. The van der Waals surface area contributed by atoms with Crippen LogP contribution in [0.15, 0.2) is 0 Å². The van der Waals surface area contributed by atoms with Crippen molar-refractivity contribution in [3.05, 3.63) is 0 Å². The molecule has 2 unspecified atom stereocenters. The fourth-order valence-electron chi connectivity index (χ4n) is 2.58. The molecule has 1 aliphatic heterocycles. The molecule has 0 aromatic carbocycles. The minimum Gasteiger partial charge on any atom is -0.480 e. The summed E-state index contributed by atoms with van der Waals surface area (Å²) in [5.74, 6) is -0.454. The molecule has 3 atom stereocenters. The summed E-state index contributed by atoms with van der Waals surface area (Å²) >= 11 is 1.45. The maximum atomic E-state index is 11.7. The highest BCUT2D eigenvalue weighted by atomic mass is 32.2. The van der Waals surface area contributed by atoms with Gasteiger partial charge in [0.05, 0.1) is 10.1 Å². The van der Waals surface area contributed by atoms with Crippen LogP contribution in [0, 0.1) is 0 Å². The average Bonchev–Trinajstić information content (AvgIpc) is 2.73. The number of carboxylic acids is 1. The number of rotatable bonds is 2. The van der Waals surface area contributed by atoms with Crippen LogP contribution in [0.2, 0.25) is 0 Å². The third-order valence-corrected chi connectivity index (χ3v) is 6.72. The first-order valence-corrected chi connectivity index (χ1v) is 8.12. The molecule has 7 heteroatoms. The number of nitrogens with one attached hydrogen (secondary N) is 1. The Balaban J connectivity index is 2.23. The fourth-order valence-corrected chi connectivity index (χ4v) is 6.29. The third kappa shape index (κ3) is 1.96. The predicted molar refractivity (Wildman–Crippen MR) is 62.2 cm³/mol. The summed E-state index contributed by atoms with van der Waals surface area (Å²) in [4.78, 5) is 10.3. The van der Waals surface area contributed by atoms with Gasteiger partial charge >= 0.3 is 5.97 Å². The van der Waals surface area contributed by atoms with E-state index in [-0.39, 0.29) is 0 Å². The van der Waals surface area contributed by atoms with Crippen molar-refractivity contribution in [1.29, 1.82) is 0 Å². The van der Waals surface area contributed by atoms with E-state index in [1.54, 1.807) is 0 Å². The van der Waals surface area contributed by atoms with Crippen LogP contribution in [-0.2, 0) is 14.6 Å². The highest BCUT2D eigenvalue weighted by molar-refractivity contribution is 8.02. The van der Waals surface area contributed by atoms with Crippen LogP contribution in [0.3, 0.4) is 0 Å². The number of thioether (sulfide) groups is 1. The average molecular weight is 265 g/mol. The van der Waals surface area contributed by atoms with E-state index in [1.165, 1.54) is 18.0 Å². The minimum atomic E-state index is -3.12. The van der Waals surface area contributed by atoms with Gasteiger partial charge in [-0.25, -0.2) is 8.42 Å². The van der Waals surface area contributed by atoms with Crippen LogP contribution in [0.5, 0.6) is 0 Å². The third-order valence-electron chi connectivity index (χ3n) is 3.28. The molecule has 1 spiro atoms. The first kappa shape index (κ1) is 12.2. The number of aliphatic carboxylic acids is 1. The Hall–Kier alpha value is -0.270. The molecule has 92 valence electrons. The van der Waals surface area contributed by atoms with Crippen molar-refractivity contribution in [1.82, 2.24) is 5.32 Å². The molecule has 0 bridgehead atoms. The van der Waals surface area contributed by atoms with Gasteiger partial charge in [0.15, 0.2) is 9.84 Å². The molecule has 2 fully saturated rings. The number of hydrogen-bond donors (Lipinski definition) is 2. The highest BCUT2D eigenvalue weighted by Gasteiger charge is 2.53. The van der Waals surface area contributed by atoms with E-state index in [4.69, 9.17) is 5.11 Å². The maximum Gasteiger partial charge on any atom is 0.321 e. The van der Waals surface area contributed by atoms with Gasteiger partial charge in [-0.3, -0.25) is 10.1 Å². The van der Waals surface area contributed by atoms with E-state index >= 15 is 0 Å². The zero-order chi connectivity index (χ0) is 12.0. The van der Waals surface area contributed by atoms with Gasteiger partial charge in [-0.1, -0.05) is 0 Å². The SMILES string of the molecule is CS(=O)(=O)C1CCCC12N[C@@H](C(=O)O)CS2. The summed E-state index contributed by atoms with van der Waals surface area (Å²) < 4.78 is 23.3. The van der Waals surface area contributed by atoms with Gasteiger partial charge in [-0.2, -0.15) is 0 Å². The molecule has 1 saturated carbocycles. The summed E-state index contributed by atoms with van der Waals surface area (Å²) in [5.41, 5.74) is 0. The van der Waals surface area contributed by atoms with Gasteiger partial charge in [0, 0.05) is 12.0 Å². The second-order valence-corrected chi connectivity index (χ2v) is 8.02. The molecule has 0 amide bonds. The molecule has 2 rings (SSSR count). The highest BCUT2D eigenvalue weighted by Crippen LogP contribution is 2.46. The lowest BCUT2D eigenvalue weighted by atomic mass is 10.2. The van der Waals surface area contributed by atoms with Crippen LogP contribution < -0.4 is 5.32 Å². The lowest BCUT2D eigenvalue weighted by Gasteiger charge is -2.29. The molecular formula is C9H15NO4S2. The Kier molecular flexibility index (Phi) is 2.96. The molecule has 2 N–H and O–H groups in total. The van der Waals surface area contributed by atoms with Crippen LogP contribution in [0.4, 0.5) is 0 Å². The summed E-state index contributed by atoms with van der Waals surface area (Å²) in [6, 6.07) is -0.618. The number of carbonyl (C=O) groups is 1. The zero-order valence-electron chi connectivity index (χ0n) is 8.97. The Morgan fingerprint density at radius 1 is 1.56 bits per heavy atom. The van der Waals surface area contributed by atoms with Crippen molar-refractivity contribution in [2.24, 2.45) is 0 Å². The van der Waals surface area contributed by atoms with Crippen LogP contribution in [0.25, 0.3) is 0 Å². The van der Waals surface area contributed by atoms with Crippen molar-refractivity contribution in [3.8, 4) is 0 Å². The largest absolute Gasteiger partial charge is 0.480 e. The molecule has 1 saturated heterocycles. The van der Waals surface area contributed by atoms with Gasteiger partial charge in [0.1, 0.15) is 6.04 Å². The van der Waals surface area contributed by atoms with Crippen molar-refractivity contribution in [3.63, 3.8) is 0 Å². The van der Waals surface area contributed by atoms with Crippen LogP contribution in [-0.4, -0.2) is 47.7 Å². The standard InChI is InChI=1S/C9H15NO4S2/c1-16(13,14)7-3-2-4-9(7)10-6(5-15-9)8(11)12/h6-7,10H,2-5H2,1H3,(H,11,12)/t6-,7?,9?/m1/s1. The predicted octanol–water partition coefficient (Wildman–Crippen LogP) is 0.0694. The summed E-state index contributed by atoms with van der Waals surface area (Å²) in [5, 5.41) is 11.5. The molecule has 0 radical (unpaired) electrons. The van der Waals surface area contributed by atoms with E-state index in [1.807, 2.05) is 0 Å². The summed E-state index contributed by atoms with van der Waals surface area (Å²) in [7, 11) is -3.12. The molecule has 2 aliphatic rings. The van der Waals surface area contributed by atoms with E-state index < -0.39 is 32.0 Å². The lowest BCUT2D eigenvalue weighted by molar-refractivity contribution is -0.138. The van der Waals surface area contributed by atoms with Crippen LogP contribution in [0.1, 0.15) is 19.3 Å². The molecule has 16 heavy (non-hydrogen) atoms. The first-order chi connectivity index (χ1) is 7.35. The zero-order valence-corrected chi connectivity index (χ0v) is 10.6. The number of carboxylic acid groups (broad SMARTS) is 1. The molecule has 5 nitrogen and oxygen atoms in total. The monoisotopic (exact) mass is 265 g/mol. The Morgan fingerprint density at radius 3 is 2.75 bits per heavy atom. The molecule has 0 aromatic heterocycles. The minimum absolute atomic E-state index is 0.446. The second-order valence-electron chi connectivity index (χ2n) is 4.45. The smallest absolute Gasteiger partial charge is 0.321 e. The molecule has 0 aromatic rings. The van der Waals surface area contributed by atoms with Gasteiger partial charge in [-0.15, -0.1) is 11.8 Å². The van der Waals surface area contributed by atoms with E-state index in [2.05, 4.69) is 5.32 Å². The number of hydrogen-bond acceptors (Lipinski definition) is 5. The fraction of sp³-hybridized carbons (Fsp3) is 0.889. The molecule has 1 heterocycles. The van der Waals surface area contributed by atoms with Crippen molar-refractivity contribution < 1.29 is 18.3 Å². The summed E-state index contributed by atoms with van der Waals surface area (Å²) in [6.45, 7) is 0. The Labute approximate surface area is 98.9 Å². The maximum absolute atomic E-state index is 11.7. The number of sulfone groups is 1. The van der Waals surface area contributed by atoms with Crippen molar-refractivity contribution in [2.45, 2.75) is 35.4 Å². The second kappa shape index (κ2) is 3.89. The summed E-state index contributed by atoms with van der Waals surface area (Å²) in [6.07, 6.45) is 3.44. The van der Waals surface area contributed by atoms with Crippen LogP contribution >= 0.6 is 11.8 Å². The van der Waals surface area contributed by atoms with Gasteiger partial charge in [0.25, 0.3) is 0 Å². The molecular weight excluding hydrogens is 250 g/mol. The first-order valence-electron chi connectivity index (χ1n) is 5.18. The lowest BCUT2D eigenvalue weighted by Crippen LogP contribution is -2.51.